The quantitative estimate of drug-likeness (QED) is 0.887. The Kier molecular flexibility index (Phi) is 3.24. The predicted octanol–water partition coefficient (Wildman–Crippen LogP) is 3.14. The average Bonchev–Trinajstić information content (AvgIpc) is 2.78. The summed E-state index contributed by atoms with van der Waals surface area (Å²) in [5.74, 6) is 0.666. The van der Waals surface area contributed by atoms with Crippen LogP contribution in [0.2, 0.25) is 0 Å². The minimum absolute atomic E-state index is 0.170. The lowest BCUT2D eigenvalue weighted by molar-refractivity contribution is 0.333. The maximum Gasteiger partial charge on any atom is 0.154 e. The van der Waals surface area contributed by atoms with Crippen molar-refractivity contribution in [1.82, 2.24) is 5.16 Å². The number of hydrogen-bond acceptors (Lipinski definition) is 3. The van der Waals surface area contributed by atoms with Crippen molar-refractivity contribution in [3.63, 3.8) is 0 Å². The van der Waals surface area contributed by atoms with Crippen molar-refractivity contribution in [2.45, 2.75) is 19.9 Å². The lowest BCUT2D eigenvalue weighted by atomic mass is 10.0. The Morgan fingerprint density at radius 3 is 2.47 bits per heavy atom. The molecule has 1 heterocycles. The summed E-state index contributed by atoms with van der Waals surface area (Å²) >= 11 is 0. The van der Waals surface area contributed by atoms with Gasteiger partial charge in [-0.1, -0.05) is 19.0 Å². The van der Waals surface area contributed by atoms with Crippen molar-refractivity contribution < 1.29 is 8.91 Å². The third-order valence-electron chi connectivity index (χ3n) is 2.72. The Hall–Kier alpha value is -1.68. The topological polar surface area (TPSA) is 52.0 Å². The van der Waals surface area contributed by atoms with E-state index in [0.717, 1.165) is 5.56 Å². The van der Waals surface area contributed by atoms with Gasteiger partial charge in [-0.25, -0.2) is 4.39 Å². The third-order valence-corrected chi connectivity index (χ3v) is 2.72. The minimum Gasteiger partial charge on any atom is -0.359 e. The van der Waals surface area contributed by atoms with Gasteiger partial charge in [-0.05, 0) is 30.2 Å². The summed E-state index contributed by atoms with van der Waals surface area (Å²) < 4.78 is 18.0. The molecule has 0 saturated carbocycles. The van der Waals surface area contributed by atoms with Crippen LogP contribution in [0.25, 0.3) is 11.3 Å². The van der Waals surface area contributed by atoms with Gasteiger partial charge in [0.05, 0.1) is 6.04 Å². The van der Waals surface area contributed by atoms with Crippen LogP contribution in [0.15, 0.2) is 34.9 Å². The normalized spacial score (nSPS) is 13.0. The second-order valence-electron chi connectivity index (χ2n) is 4.39. The van der Waals surface area contributed by atoms with Gasteiger partial charge in [-0.15, -0.1) is 0 Å². The van der Waals surface area contributed by atoms with Crippen molar-refractivity contribution >= 4 is 0 Å². The lowest BCUT2D eigenvalue weighted by Gasteiger charge is -2.10. The summed E-state index contributed by atoms with van der Waals surface area (Å²) in [7, 11) is 0. The van der Waals surface area contributed by atoms with E-state index in [1.165, 1.54) is 12.1 Å². The fraction of sp³-hybridized carbons (Fsp3) is 0.308. The van der Waals surface area contributed by atoms with E-state index in [9.17, 15) is 4.39 Å². The maximum atomic E-state index is 12.8. The van der Waals surface area contributed by atoms with E-state index >= 15 is 0 Å². The molecule has 1 unspecified atom stereocenters. The van der Waals surface area contributed by atoms with Crippen LogP contribution in [-0.4, -0.2) is 5.16 Å². The van der Waals surface area contributed by atoms with Gasteiger partial charge in [0.25, 0.3) is 0 Å². The van der Waals surface area contributed by atoms with Crippen molar-refractivity contribution in [3.05, 3.63) is 41.9 Å². The molecular weight excluding hydrogens is 219 g/mol. The van der Waals surface area contributed by atoms with Gasteiger partial charge < -0.3 is 10.3 Å². The van der Waals surface area contributed by atoms with Crippen LogP contribution < -0.4 is 5.73 Å². The molecule has 2 aromatic rings. The molecular formula is C13H15FN2O. The van der Waals surface area contributed by atoms with Crippen molar-refractivity contribution in [2.75, 3.05) is 0 Å². The predicted molar refractivity (Wildman–Crippen MR) is 63.7 cm³/mol. The highest BCUT2D eigenvalue weighted by Gasteiger charge is 2.16. The van der Waals surface area contributed by atoms with Gasteiger partial charge in [-0.3, -0.25) is 0 Å². The molecule has 3 nitrogen and oxygen atoms in total. The molecule has 0 aliphatic heterocycles. The Bertz CT molecular complexity index is 490. The van der Waals surface area contributed by atoms with E-state index in [1.54, 1.807) is 18.2 Å². The molecule has 1 aromatic carbocycles. The molecule has 0 fully saturated rings. The van der Waals surface area contributed by atoms with Crippen LogP contribution in [0, 0.1) is 11.7 Å². The SMILES string of the molecule is CC(C)C(N)c1cc(-c2ccc(F)cc2)no1. The number of halogens is 1. The Balaban J connectivity index is 2.26. The zero-order valence-electron chi connectivity index (χ0n) is 9.85. The monoisotopic (exact) mass is 234 g/mol. The van der Waals surface area contributed by atoms with Crippen LogP contribution in [0.4, 0.5) is 4.39 Å². The number of hydrogen-bond donors (Lipinski definition) is 1. The Morgan fingerprint density at radius 2 is 1.88 bits per heavy atom. The fourth-order valence-corrected chi connectivity index (χ4v) is 1.53. The molecule has 2 rings (SSSR count). The summed E-state index contributed by atoms with van der Waals surface area (Å²) in [6.07, 6.45) is 0. The molecule has 0 bridgehead atoms. The highest BCUT2D eigenvalue weighted by Crippen LogP contribution is 2.24. The first-order valence-corrected chi connectivity index (χ1v) is 5.56. The first kappa shape index (κ1) is 11.8. The molecule has 0 aliphatic rings. The van der Waals surface area contributed by atoms with Gasteiger partial charge in [0, 0.05) is 11.6 Å². The average molecular weight is 234 g/mol. The molecule has 1 atom stereocenters. The lowest BCUT2D eigenvalue weighted by Crippen LogP contribution is -2.15. The number of benzene rings is 1. The van der Waals surface area contributed by atoms with E-state index in [4.69, 9.17) is 10.3 Å². The van der Waals surface area contributed by atoms with E-state index in [-0.39, 0.29) is 17.8 Å². The smallest absolute Gasteiger partial charge is 0.154 e. The molecule has 0 amide bonds. The van der Waals surface area contributed by atoms with Crippen LogP contribution in [0.3, 0.4) is 0 Å². The maximum absolute atomic E-state index is 12.8. The van der Waals surface area contributed by atoms with Gasteiger partial charge in [0.15, 0.2) is 5.76 Å². The first-order chi connectivity index (χ1) is 8.08. The summed E-state index contributed by atoms with van der Waals surface area (Å²) in [5.41, 5.74) is 7.45. The Morgan fingerprint density at radius 1 is 1.24 bits per heavy atom. The van der Waals surface area contributed by atoms with Crippen LogP contribution in [0.5, 0.6) is 0 Å². The summed E-state index contributed by atoms with van der Waals surface area (Å²) in [4.78, 5) is 0. The van der Waals surface area contributed by atoms with Crippen molar-refractivity contribution in [3.8, 4) is 11.3 Å². The van der Waals surface area contributed by atoms with Gasteiger partial charge in [0.2, 0.25) is 0 Å². The molecule has 4 heteroatoms. The number of aromatic nitrogens is 1. The van der Waals surface area contributed by atoms with E-state index in [0.29, 0.717) is 11.5 Å². The fourth-order valence-electron chi connectivity index (χ4n) is 1.53. The van der Waals surface area contributed by atoms with E-state index < -0.39 is 0 Å². The first-order valence-electron chi connectivity index (χ1n) is 5.56. The van der Waals surface area contributed by atoms with Gasteiger partial charge in [-0.2, -0.15) is 0 Å². The third kappa shape index (κ3) is 2.53. The molecule has 2 N–H and O–H groups in total. The Labute approximate surface area is 99.4 Å². The van der Waals surface area contributed by atoms with Crippen molar-refractivity contribution in [1.29, 1.82) is 0 Å². The highest BCUT2D eigenvalue weighted by molar-refractivity contribution is 5.58. The van der Waals surface area contributed by atoms with Crippen molar-refractivity contribution in [2.24, 2.45) is 11.7 Å². The largest absolute Gasteiger partial charge is 0.359 e. The minimum atomic E-state index is -0.267. The van der Waals surface area contributed by atoms with Gasteiger partial charge >= 0.3 is 0 Å². The van der Waals surface area contributed by atoms with Crippen LogP contribution in [-0.2, 0) is 0 Å². The number of nitrogens with zero attached hydrogens (tertiary/aromatic N) is 1. The van der Waals surface area contributed by atoms with Crippen LogP contribution >= 0.6 is 0 Å². The van der Waals surface area contributed by atoms with E-state index in [1.807, 2.05) is 13.8 Å². The second kappa shape index (κ2) is 4.67. The highest BCUT2D eigenvalue weighted by atomic mass is 19.1. The summed E-state index contributed by atoms with van der Waals surface area (Å²) in [6.45, 7) is 4.04. The molecule has 0 spiro atoms. The molecule has 0 aliphatic carbocycles. The standard InChI is InChI=1S/C13H15FN2O/c1-8(2)13(15)12-7-11(16-17-12)9-3-5-10(14)6-4-9/h3-8,13H,15H2,1-2H3. The molecule has 0 radical (unpaired) electrons. The number of nitrogens with two attached hydrogens (primary N) is 1. The zero-order valence-corrected chi connectivity index (χ0v) is 9.85. The zero-order chi connectivity index (χ0) is 12.4. The number of rotatable bonds is 3. The molecule has 0 saturated heterocycles. The second-order valence-corrected chi connectivity index (χ2v) is 4.39. The summed E-state index contributed by atoms with van der Waals surface area (Å²) in [5, 5.41) is 3.94. The molecule has 1 aromatic heterocycles. The molecule has 17 heavy (non-hydrogen) atoms. The van der Waals surface area contributed by atoms with Crippen LogP contribution in [0.1, 0.15) is 25.6 Å². The van der Waals surface area contributed by atoms with E-state index in [2.05, 4.69) is 5.16 Å². The summed E-state index contributed by atoms with van der Waals surface area (Å²) in [6, 6.07) is 7.75. The van der Waals surface area contributed by atoms with Gasteiger partial charge in [0.1, 0.15) is 11.5 Å². The molecule has 90 valence electrons.